The van der Waals surface area contributed by atoms with Crippen LogP contribution in [-0.4, -0.2) is 75.5 Å². The number of terminal acetylenes is 1. The molecule has 3 aliphatic carbocycles. The summed E-state index contributed by atoms with van der Waals surface area (Å²) in [4.78, 5) is 45.0. The Balaban J connectivity index is 0.000000241. The highest BCUT2D eigenvalue weighted by molar-refractivity contribution is 5.92. The first kappa shape index (κ1) is 42.0. The van der Waals surface area contributed by atoms with E-state index >= 15 is 0 Å². The van der Waals surface area contributed by atoms with Crippen LogP contribution in [0.25, 0.3) is 0 Å². The molecule has 5 fully saturated rings. The lowest BCUT2D eigenvalue weighted by Crippen LogP contribution is -2.74. The second-order valence-corrected chi connectivity index (χ2v) is 15.6. The molecule has 2 heterocycles. The molecule has 0 bridgehead atoms. The Morgan fingerprint density at radius 3 is 1.90 bits per heavy atom. The summed E-state index contributed by atoms with van der Waals surface area (Å²) >= 11 is 0. The van der Waals surface area contributed by atoms with Crippen molar-refractivity contribution in [1.29, 1.82) is 0 Å². The Labute approximate surface area is 306 Å². The van der Waals surface area contributed by atoms with Gasteiger partial charge in [-0.2, -0.15) is 0 Å². The van der Waals surface area contributed by atoms with E-state index in [-0.39, 0.29) is 23.0 Å². The Morgan fingerprint density at radius 2 is 1.41 bits per heavy atom. The number of benzene rings is 1. The van der Waals surface area contributed by atoms with Gasteiger partial charge < -0.3 is 14.5 Å². The number of hydrogen-bond acceptors (Lipinski definition) is 4. The van der Waals surface area contributed by atoms with Gasteiger partial charge in [-0.3, -0.25) is 14.5 Å². The van der Waals surface area contributed by atoms with Crippen LogP contribution in [0.1, 0.15) is 137 Å². The molecule has 0 N–H and O–H groups in total. The number of hydrogen-bond donors (Lipinski definition) is 0. The molecule has 2 saturated heterocycles. The molecule has 3 amide bonds. The zero-order valence-corrected chi connectivity index (χ0v) is 32.0. The Kier molecular flexibility index (Phi) is 15.6. The summed E-state index contributed by atoms with van der Waals surface area (Å²) < 4.78 is 29.6. The van der Waals surface area contributed by atoms with Gasteiger partial charge in [-0.1, -0.05) is 83.3 Å². The van der Waals surface area contributed by atoms with Crippen LogP contribution in [0.4, 0.5) is 13.6 Å². The van der Waals surface area contributed by atoms with Crippen LogP contribution in [0.15, 0.2) is 36.9 Å². The molecule has 0 radical (unpaired) electrons. The van der Waals surface area contributed by atoms with Gasteiger partial charge in [0.25, 0.3) is 0 Å². The van der Waals surface area contributed by atoms with Crippen molar-refractivity contribution in [3.63, 3.8) is 0 Å². The molecule has 3 spiro atoms. The smallest absolute Gasteiger partial charge is 0.411 e. The van der Waals surface area contributed by atoms with Gasteiger partial charge in [-0.05, 0) is 84.3 Å². The maximum Gasteiger partial charge on any atom is 0.411 e. The number of carbonyl (C=O) groups is 3. The second kappa shape index (κ2) is 18.9. The molecule has 6 rings (SSSR count). The van der Waals surface area contributed by atoms with E-state index < -0.39 is 22.8 Å². The number of nitrogens with zero attached hydrogens (tertiary/aromatic N) is 3. The highest BCUT2D eigenvalue weighted by atomic mass is 19.1. The second-order valence-electron chi connectivity index (χ2n) is 15.6. The zero-order chi connectivity index (χ0) is 37.7. The molecule has 0 unspecified atom stereocenters. The fraction of sp³-hybridized carbons (Fsp3) is 0.690. The summed E-state index contributed by atoms with van der Waals surface area (Å²) in [5.74, 6) is 1.96. The summed E-state index contributed by atoms with van der Waals surface area (Å²) in [7, 11) is 0. The summed E-state index contributed by atoms with van der Waals surface area (Å²) in [5.41, 5.74) is -1.56. The van der Waals surface area contributed by atoms with E-state index in [9.17, 15) is 23.2 Å². The third kappa shape index (κ3) is 10.4. The minimum Gasteiger partial charge on any atom is -0.444 e. The first-order chi connectivity index (χ1) is 24.3. The fourth-order valence-electron chi connectivity index (χ4n) is 8.72. The van der Waals surface area contributed by atoms with Gasteiger partial charge in [0.1, 0.15) is 22.8 Å². The maximum atomic E-state index is 13.8. The molecule has 9 heteroatoms. The topological polar surface area (TPSA) is 70.2 Å². The predicted molar refractivity (Wildman–Crippen MR) is 200 cm³/mol. The SMILES string of the molecule is C#CCN1CCCC2(CCCC2)C1=O.C=CCN1C(=O)C2(CCCC2)N(C(=O)OC(C)(C)C)CC12CCCCCC2.CC.Fc1cccc(F)c1. The molecule has 1 aromatic rings. The van der Waals surface area contributed by atoms with Crippen molar-refractivity contribution < 1.29 is 27.9 Å². The number of piperidine rings is 1. The number of likely N-dealkylation sites (tertiary alicyclic amines) is 1. The van der Waals surface area contributed by atoms with Crippen molar-refractivity contribution in [2.24, 2.45) is 5.41 Å². The van der Waals surface area contributed by atoms with Crippen molar-refractivity contribution in [3.05, 3.63) is 48.6 Å². The lowest BCUT2D eigenvalue weighted by Gasteiger charge is -2.57. The summed E-state index contributed by atoms with van der Waals surface area (Å²) in [6, 6.07) is 4.55. The first-order valence-corrected chi connectivity index (χ1v) is 19.4. The van der Waals surface area contributed by atoms with E-state index in [2.05, 4.69) is 17.4 Å². The maximum absolute atomic E-state index is 13.8. The molecule has 7 nitrogen and oxygen atoms in total. The monoisotopic (exact) mass is 711 g/mol. The molecule has 284 valence electrons. The van der Waals surface area contributed by atoms with Gasteiger partial charge in [0.15, 0.2) is 0 Å². The van der Waals surface area contributed by atoms with Crippen molar-refractivity contribution in [2.45, 2.75) is 154 Å². The number of halogens is 2. The van der Waals surface area contributed by atoms with Gasteiger partial charge >= 0.3 is 6.09 Å². The summed E-state index contributed by atoms with van der Waals surface area (Å²) in [6.45, 7) is 16.1. The lowest BCUT2D eigenvalue weighted by molar-refractivity contribution is -0.164. The van der Waals surface area contributed by atoms with Gasteiger partial charge in [0.05, 0.1) is 12.1 Å². The molecule has 3 saturated carbocycles. The fourth-order valence-corrected chi connectivity index (χ4v) is 8.72. The van der Waals surface area contributed by atoms with E-state index in [1.54, 1.807) is 0 Å². The van der Waals surface area contributed by atoms with E-state index in [0.29, 0.717) is 25.5 Å². The summed E-state index contributed by atoms with van der Waals surface area (Å²) in [6.07, 6.45) is 23.6. The number of rotatable bonds is 3. The molecule has 51 heavy (non-hydrogen) atoms. The van der Waals surface area contributed by atoms with Crippen molar-refractivity contribution >= 4 is 17.9 Å². The average molecular weight is 712 g/mol. The molecular formula is C42H63F2N3O4. The Morgan fingerprint density at radius 1 is 0.882 bits per heavy atom. The van der Waals surface area contributed by atoms with Crippen LogP contribution in [0.3, 0.4) is 0 Å². The van der Waals surface area contributed by atoms with Gasteiger partial charge in [0.2, 0.25) is 11.8 Å². The van der Waals surface area contributed by atoms with Crippen LogP contribution in [0, 0.1) is 29.4 Å². The number of piperazine rings is 1. The molecule has 1 aromatic carbocycles. The van der Waals surface area contributed by atoms with Crippen molar-refractivity contribution in [2.75, 3.05) is 26.2 Å². The number of amides is 3. The normalized spacial score (nSPS) is 21.7. The van der Waals surface area contributed by atoms with Gasteiger partial charge in [-0.15, -0.1) is 13.0 Å². The van der Waals surface area contributed by atoms with E-state index in [0.717, 1.165) is 89.7 Å². The van der Waals surface area contributed by atoms with Crippen LogP contribution < -0.4 is 0 Å². The lowest BCUT2D eigenvalue weighted by atomic mass is 9.77. The average Bonchev–Trinajstić information content (AvgIpc) is 3.71. The van der Waals surface area contributed by atoms with Crippen LogP contribution in [-0.2, 0) is 14.3 Å². The standard InChI is InChI=1S/C22H36N2O3.C12H17NO.C6H4F2.C2H6/c1-5-16-23-18(25)22(14-10-11-15-22)24(19(26)27-20(2,3)4)17-21(23)12-8-6-7-9-13-21;1-2-9-13-10-5-8-12(11(13)14)6-3-4-7-12;7-5-2-1-3-6(8)4-5;1-2/h5H,1,6-17H2,2-4H3;1H,3-10H2;1-4H;1-2H3. The molecule has 5 aliphatic rings. The van der Waals surface area contributed by atoms with Crippen LogP contribution >= 0.6 is 0 Å². The van der Waals surface area contributed by atoms with Gasteiger partial charge in [-0.25, -0.2) is 13.6 Å². The third-order valence-corrected chi connectivity index (χ3v) is 11.0. The first-order valence-electron chi connectivity index (χ1n) is 19.4. The summed E-state index contributed by atoms with van der Waals surface area (Å²) in [5, 5.41) is 0. The molecule has 0 aromatic heterocycles. The van der Waals surface area contributed by atoms with Crippen molar-refractivity contribution in [3.8, 4) is 12.3 Å². The largest absolute Gasteiger partial charge is 0.444 e. The van der Waals surface area contributed by atoms with Crippen LogP contribution in [0.5, 0.6) is 0 Å². The third-order valence-electron chi connectivity index (χ3n) is 11.0. The quantitative estimate of drug-likeness (QED) is 0.232. The highest BCUT2D eigenvalue weighted by Gasteiger charge is 2.60. The van der Waals surface area contributed by atoms with E-state index in [1.165, 1.54) is 43.9 Å². The minimum atomic E-state index is -0.719. The highest BCUT2D eigenvalue weighted by Crippen LogP contribution is 2.48. The predicted octanol–water partition coefficient (Wildman–Crippen LogP) is 9.45. The molecule has 2 aliphatic heterocycles. The Bertz CT molecular complexity index is 1330. The zero-order valence-electron chi connectivity index (χ0n) is 32.0. The molecule has 0 atom stereocenters. The Hall–Kier alpha value is -3.41. The molecular weight excluding hydrogens is 648 g/mol. The minimum absolute atomic E-state index is 0.00486. The number of carbonyl (C=O) groups excluding carboxylic acids is 3. The van der Waals surface area contributed by atoms with Crippen LogP contribution in [0.2, 0.25) is 0 Å². The van der Waals surface area contributed by atoms with Gasteiger partial charge in [0, 0.05) is 31.1 Å². The van der Waals surface area contributed by atoms with E-state index in [4.69, 9.17) is 11.2 Å². The number of ether oxygens (including phenoxy) is 1. The van der Waals surface area contributed by atoms with E-state index in [1.807, 2.05) is 50.5 Å². The van der Waals surface area contributed by atoms with Crippen molar-refractivity contribution in [1.82, 2.24) is 14.7 Å².